The highest BCUT2D eigenvalue weighted by Crippen LogP contribution is 2.19. The molecule has 132 valence electrons. The van der Waals surface area contributed by atoms with Crippen molar-refractivity contribution in [2.45, 2.75) is 13.0 Å². The van der Waals surface area contributed by atoms with Crippen LogP contribution in [0.3, 0.4) is 0 Å². The first-order valence-electron chi connectivity index (χ1n) is 7.18. The van der Waals surface area contributed by atoms with Crippen LogP contribution in [-0.2, 0) is 9.53 Å². The smallest absolute Gasteiger partial charge is 0.249 e. The van der Waals surface area contributed by atoms with Crippen molar-refractivity contribution >= 4 is 18.3 Å². The summed E-state index contributed by atoms with van der Waals surface area (Å²) in [6.07, 6.45) is 0. The van der Waals surface area contributed by atoms with Gasteiger partial charge >= 0.3 is 0 Å². The SMILES string of the molecule is COCCNCC(=O)NC(C)c1nc(-c2cccc(F)c2)no1.Cl. The second-order valence-electron chi connectivity index (χ2n) is 4.93. The first kappa shape index (κ1) is 20.0. The molecule has 0 saturated heterocycles. The summed E-state index contributed by atoms with van der Waals surface area (Å²) in [7, 11) is 1.59. The standard InChI is InChI=1S/C15H19FN4O3.ClH/c1-10(18-13(21)9-17-6-7-22-2)15-19-14(20-23-15)11-4-3-5-12(16)8-11;/h3-5,8,10,17H,6-7,9H2,1-2H3,(H,18,21);1H. The van der Waals surface area contributed by atoms with E-state index in [2.05, 4.69) is 20.8 Å². The second kappa shape index (κ2) is 9.96. The normalized spacial score (nSPS) is 11.6. The van der Waals surface area contributed by atoms with Crippen molar-refractivity contribution in [2.24, 2.45) is 0 Å². The van der Waals surface area contributed by atoms with Crippen LogP contribution in [0.2, 0.25) is 0 Å². The summed E-state index contributed by atoms with van der Waals surface area (Å²) >= 11 is 0. The minimum Gasteiger partial charge on any atom is -0.383 e. The molecule has 2 N–H and O–H groups in total. The largest absolute Gasteiger partial charge is 0.383 e. The number of aromatic nitrogens is 2. The van der Waals surface area contributed by atoms with Crippen molar-refractivity contribution in [3.8, 4) is 11.4 Å². The zero-order valence-corrected chi connectivity index (χ0v) is 14.2. The highest BCUT2D eigenvalue weighted by atomic mass is 35.5. The van der Waals surface area contributed by atoms with Crippen molar-refractivity contribution in [3.63, 3.8) is 0 Å². The van der Waals surface area contributed by atoms with Gasteiger partial charge in [-0.2, -0.15) is 4.98 Å². The van der Waals surface area contributed by atoms with Crippen LogP contribution < -0.4 is 10.6 Å². The molecule has 0 aliphatic rings. The summed E-state index contributed by atoms with van der Waals surface area (Å²) in [4.78, 5) is 15.9. The summed E-state index contributed by atoms with van der Waals surface area (Å²) in [5.41, 5.74) is 0.514. The highest BCUT2D eigenvalue weighted by Gasteiger charge is 2.17. The minimum absolute atomic E-state index is 0. The van der Waals surface area contributed by atoms with Gasteiger partial charge in [-0.25, -0.2) is 4.39 Å². The number of carbonyl (C=O) groups is 1. The number of carbonyl (C=O) groups excluding carboxylic acids is 1. The Hall–Kier alpha value is -2.03. The number of rotatable bonds is 8. The van der Waals surface area contributed by atoms with Crippen molar-refractivity contribution in [2.75, 3.05) is 26.8 Å². The Morgan fingerprint density at radius 1 is 1.46 bits per heavy atom. The molecule has 1 aromatic carbocycles. The highest BCUT2D eigenvalue weighted by molar-refractivity contribution is 5.85. The molecule has 7 nitrogen and oxygen atoms in total. The number of halogens is 2. The van der Waals surface area contributed by atoms with Gasteiger partial charge in [-0.05, 0) is 19.1 Å². The van der Waals surface area contributed by atoms with Crippen LogP contribution in [0.1, 0.15) is 18.9 Å². The summed E-state index contributed by atoms with van der Waals surface area (Å²) in [6.45, 7) is 3.01. The third-order valence-electron chi connectivity index (χ3n) is 3.04. The first-order valence-corrected chi connectivity index (χ1v) is 7.18. The van der Waals surface area contributed by atoms with Crippen LogP contribution in [0.4, 0.5) is 4.39 Å². The molecule has 24 heavy (non-hydrogen) atoms. The molecule has 1 amide bonds. The molecule has 1 heterocycles. The van der Waals surface area contributed by atoms with E-state index in [1.165, 1.54) is 12.1 Å². The van der Waals surface area contributed by atoms with Gasteiger partial charge in [0.2, 0.25) is 17.6 Å². The molecule has 1 aromatic heterocycles. The van der Waals surface area contributed by atoms with Crippen molar-refractivity contribution in [1.29, 1.82) is 0 Å². The van der Waals surface area contributed by atoms with Crippen molar-refractivity contribution in [3.05, 3.63) is 36.0 Å². The summed E-state index contributed by atoms with van der Waals surface area (Å²) in [5.74, 6) is -0.0373. The molecule has 0 radical (unpaired) electrons. The van der Waals surface area contributed by atoms with E-state index in [0.29, 0.717) is 18.7 Å². The predicted molar refractivity (Wildman–Crippen MR) is 88.2 cm³/mol. The average Bonchev–Trinajstić information content (AvgIpc) is 3.02. The molecule has 1 unspecified atom stereocenters. The molecule has 0 aliphatic heterocycles. The maximum Gasteiger partial charge on any atom is 0.249 e. The Kier molecular flexibility index (Phi) is 8.31. The van der Waals surface area contributed by atoms with Gasteiger partial charge in [0.05, 0.1) is 13.2 Å². The van der Waals surface area contributed by atoms with E-state index < -0.39 is 6.04 Å². The van der Waals surface area contributed by atoms with Gasteiger partial charge in [-0.1, -0.05) is 17.3 Å². The molecular formula is C15H20ClFN4O3. The molecule has 0 saturated carbocycles. The number of hydrogen-bond acceptors (Lipinski definition) is 6. The number of methoxy groups -OCH3 is 1. The number of benzene rings is 1. The van der Waals surface area contributed by atoms with Gasteiger partial charge in [-0.3, -0.25) is 4.79 Å². The Morgan fingerprint density at radius 2 is 2.25 bits per heavy atom. The zero-order chi connectivity index (χ0) is 16.7. The molecule has 1 atom stereocenters. The fourth-order valence-corrected chi connectivity index (χ4v) is 1.89. The van der Waals surface area contributed by atoms with E-state index in [-0.39, 0.29) is 42.4 Å². The third kappa shape index (κ3) is 5.88. The van der Waals surface area contributed by atoms with Crippen molar-refractivity contribution < 1.29 is 18.4 Å². The second-order valence-corrected chi connectivity index (χ2v) is 4.93. The van der Waals surface area contributed by atoms with Gasteiger partial charge in [0.25, 0.3) is 0 Å². The zero-order valence-electron chi connectivity index (χ0n) is 13.4. The van der Waals surface area contributed by atoms with E-state index in [4.69, 9.17) is 9.26 Å². The molecule has 2 aromatic rings. The number of amides is 1. The van der Waals surface area contributed by atoms with Gasteiger partial charge in [0.15, 0.2) is 0 Å². The number of nitrogens with zero attached hydrogens (tertiary/aromatic N) is 2. The summed E-state index contributed by atoms with van der Waals surface area (Å²) < 4.78 is 23.2. The lowest BCUT2D eigenvalue weighted by Gasteiger charge is -2.10. The summed E-state index contributed by atoms with van der Waals surface area (Å²) in [5, 5.41) is 9.48. The molecule has 2 rings (SSSR count). The number of hydrogen-bond donors (Lipinski definition) is 2. The lowest BCUT2D eigenvalue weighted by atomic mass is 10.2. The van der Waals surface area contributed by atoms with Crippen molar-refractivity contribution in [1.82, 2.24) is 20.8 Å². The van der Waals surface area contributed by atoms with Gasteiger partial charge < -0.3 is 19.9 Å². The first-order chi connectivity index (χ1) is 11.1. The van der Waals surface area contributed by atoms with E-state index in [9.17, 15) is 9.18 Å². The van der Waals surface area contributed by atoms with Crippen LogP contribution in [0, 0.1) is 5.82 Å². The minimum atomic E-state index is -0.443. The molecule has 9 heteroatoms. The average molecular weight is 359 g/mol. The number of ether oxygens (including phenoxy) is 1. The monoisotopic (exact) mass is 358 g/mol. The maximum absolute atomic E-state index is 13.2. The van der Waals surface area contributed by atoms with E-state index >= 15 is 0 Å². The molecule has 0 spiro atoms. The van der Waals surface area contributed by atoms with Gasteiger partial charge in [0, 0.05) is 19.2 Å². The lowest BCUT2D eigenvalue weighted by molar-refractivity contribution is -0.121. The van der Waals surface area contributed by atoms with Crippen LogP contribution in [0.25, 0.3) is 11.4 Å². The predicted octanol–water partition coefficient (Wildman–Crippen LogP) is 1.71. The van der Waals surface area contributed by atoms with E-state index in [1.807, 2.05) is 0 Å². The van der Waals surface area contributed by atoms with Gasteiger partial charge in [-0.15, -0.1) is 12.4 Å². The van der Waals surface area contributed by atoms with Crippen LogP contribution >= 0.6 is 12.4 Å². The van der Waals surface area contributed by atoms with Crippen LogP contribution in [0.5, 0.6) is 0 Å². The Bertz CT molecular complexity index is 653. The topological polar surface area (TPSA) is 89.3 Å². The Morgan fingerprint density at radius 3 is 2.96 bits per heavy atom. The van der Waals surface area contributed by atoms with Crippen LogP contribution in [0.15, 0.2) is 28.8 Å². The lowest BCUT2D eigenvalue weighted by Crippen LogP contribution is -2.36. The Balaban J connectivity index is 0.00000288. The summed E-state index contributed by atoms with van der Waals surface area (Å²) in [6, 6.07) is 5.46. The van der Waals surface area contributed by atoms with Gasteiger partial charge in [0.1, 0.15) is 11.9 Å². The molecule has 0 aliphatic carbocycles. The number of nitrogens with one attached hydrogen (secondary N) is 2. The van der Waals surface area contributed by atoms with E-state index in [1.54, 1.807) is 26.2 Å². The van der Waals surface area contributed by atoms with Crippen LogP contribution in [-0.4, -0.2) is 42.9 Å². The fraction of sp³-hybridized carbons (Fsp3) is 0.400. The maximum atomic E-state index is 13.2. The van der Waals surface area contributed by atoms with E-state index in [0.717, 1.165) is 0 Å². The molecule has 0 bridgehead atoms. The fourth-order valence-electron chi connectivity index (χ4n) is 1.89. The molecular weight excluding hydrogens is 339 g/mol. The third-order valence-corrected chi connectivity index (χ3v) is 3.04. The Labute approximate surface area is 145 Å². The molecule has 0 fully saturated rings. The quantitative estimate of drug-likeness (QED) is 0.698.